The van der Waals surface area contributed by atoms with Crippen LogP contribution in [0.3, 0.4) is 0 Å². The van der Waals surface area contributed by atoms with Crippen LogP contribution in [0, 0.1) is 11.3 Å². The van der Waals surface area contributed by atoms with E-state index in [-0.39, 0.29) is 35.6 Å². The monoisotopic (exact) mass is 462 g/mol. The quantitative estimate of drug-likeness (QED) is 0.594. The Kier molecular flexibility index (Phi) is 7.99. The number of rotatable bonds is 7. The van der Waals surface area contributed by atoms with Gasteiger partial charge in [0.1, 0.15) is 6.04 Å². The fraction of sp³-hybridized carbons (Fsp3) is 0.652. The van der Waals surface area contributed by atoms with Crippen molar-refractivity contribution >= 4 is 23.8 Å². The van der Waals surface area contributed by atoms with Gasteiger partial charge in [-0.2, -0.15) is 0 Å². The number of likely N-dealkylation sites (tertiary alicyclic amines) is 2. The molecule has 2 aliphatic heterocycles. The zero-order valence-electron chi connectivity index (χ0n) is 19.6. The van der Waals surface area contributed by atoms with Crippen LogP contribution in [0.1, 0.15) is 50.1 Å². The highest BCUT2D eigenvalue weighted by atomic mass is 16.5. The third kappa shape index (κ3) is 6.27. The van der Waals surface area contributed by atoms with Crippen LogP contribution in [0.25, 0.3) is 0 Å². The molecule has 1 unspecified atom stereocenters. The van der Waals surface area contributed by atoms with Gasteiger partial charge in [0, 0.05) is 26.2 Å². The number of hydrogen-bond donors (Lipinski definition) is 2. The Labute approximate surface area is 194 Å². The Balaban J connectivity index is 1.46. The number of methoxy groups -OCH3 is 1. The molecular weight excluding hydrogens is 428 g/mol. The first-order valence-corrected chi connectivity index (χ1v) is 11.5. The molecule has 182 valence electrons. The van der Waals surface area contributed by atoms with Gasteiger partial charge in [-0.3, -0.25) is 9.59 Å². The predicted molar refractivity (Wildman–Crippen MR) is 119 cm³/mol. The number of nitrogens with zero attached hydrogens (tertiary/aromatic N) is 2. The fourth-order valence-corrected chi connectivity index (χ4v) is 4.58. The number of furan rings is 1. The molecule has 0 saturated carbocycles. The average Bonchev–Trinajstić information content (AvgIpc) is 3.47. The van der Waals surface area contributed by atoms with Crippen molar-refractivity contribution < 1.29 is 28.3 Å². The van der Waals surface area contributed by atoms with Gasteiger partial charge in [0.2, 0.25) is 5.91 Å². The summed E-state index contributed by atoms with van der Waals surface area (Å²) >= 11 is 0. The van der Waals surface area contributed by atoms with Crippen molar-refractivity contribution in [1.29, 1.82) is 0 Å². The number of piperidine rings is 1. The lowest BCUT2D eigenvalue weighted by Crippen LogP contribution is -2.50. The molecule has 0 aliphatic carbocycles. The molecule has 1 atom stereocenters. The van der Waals surface area contributed by atoms with E-state index in [1.165, 1.54) is 13.4 Å². The van der Waals surface area contributed by atoms with Crippen molar-refractivity contribution in [2.45, 2.75) is 45.6 Å². The molecule has 4 amide bonds. The molecule has 2 aliphatic rings. The van der Waals surface area contributed by atoms with Crippen molar-refractivity contribution in [3.63, 3.8) is 0 Å². The summed E-state index contributed by atoms with van der Waals surface area (Å²) < 4.78 is 9.86. The number of nitrogens with one attached hydrogen (secondary N) is 2. The number of amides is 4. The number of esters is 1. The lowest BCUT2D eigenvalue weighted by atomic mass is 9.78. The van der Waals surface area contributed by atoms with Crippen LogP contribution in [-0.4, -0.2) is 79.5 Å². The van der Waals surface area contributed by atoms with Crippen LogP contribution in [-0.2, 0) is 14.3 Å². The maximum Gasteiger partial charge on any atom is 0.328 e. The van der Waals surface area contributed by atoms with Crippen molar-refractivity contribution in [3.05, 3.63) is 24.2 Å². The van der Waals surface area contributed by atoms with E-state index < -0.39 is 17.9 Å². The Morgan fingerprint density at radius 3 is 2.36 bits per heavy atom. The first-order chi connectivity index (χ1) is 15.7. The molecule has 10 heteroatoms. The molecule has 1 aromatic heterocycles. The standard InChI is InChI=1S/C23H34N4O6/c1-16(2)13-17(21(30)32-3)25-22(31)27-11-8-23(15-27)6-9-26(10-7-23)19(28)14-24-20(29)18-5-4-12-33-18/h4-5,12,16-17H,6-11,13-15H2,1-3H3,(H,24,29)(H,25,31). The number of ether oxygens (including phenoxy) is 1. The first-order valence-electron chi connectivity index (χ1n) is 11.5. The van der Waals surface area contributed by atoms with Gasteiger partial charge in [-0.05, 0) is 49.1 Å². The molecule has 2 saturated heterocycles. The van der Waals surface area contributed by atoms with E-state index in [2.05, 4.69) is 10.6 Å². The number of hydrogen-bond acceptors (Lipinski definition) is 6. The predicted octanol–water partition coefficient (Wildman–Crippen LogP) is 1.62. The molecule has 0 aromatic carbocycles. The minimum atomic E-state index is -0.657. The lowest BCUT2D eigenvalue weighted by Gasteiger charge is -2.39. The third-order valence-electron chi connectivity index (χ3n) is 6.54. The van der Waals surface area contributed by atoms with Gasteiger partial charge in [0.25, 0.3) is 5.91 Å². The first kappa shape index (κ1) is 24.6. The summed E-state index contributed by atoms with van der Waals surface area (Å²) in [7, 11) is 1.32. The molecule has 3 heterocycles. The third-order valence-corrected chi connectivity index (χ3v) is 6.54. The van der Waals surface area contributed by atoms with Crippen LogP contribution in [0.2, 0.25) is 0 Å². The number of carbonyl (C=O) groups is 4. The van der Waals surface area contributed by atoms with Crippen molar-refractivity contribution in [1.82, 2.24) is 20.4 Å². The van der Waals surface area contributed by atoms with Gasteiger partial charge in [0.15, 0.2) is 5.76 Å². The second-order valence-corrected chi connectivity index (χ2v) is 9.37. The molecule has 2 fully saturated rings. The summed E-state index contributed by atoms with van der Waals surface area (Å²) in [5.41, 5.74) is -0.0235. The largest absolute Gasteiger partial charge is 0.467 e. The zero-order chi connectivity index (χ0) is 24.0. The van der Waals surface area contributed by atoms with Gasteiger partial charge in [-0.1, -0.05) is 13.8 Å². The van der Waals surface area contributed by atoms with Crippen LogP contribution in [0.15, 0.2) is 22.8 Å². The lowest BCUT2D eigenvalue weighted by molar-refractivity contribution is -0.143. The maximum atomic E-state index is 12.8. The Morgan fingerprint density at radius 1 is 1.12 bits per heavy atom. The SMILES string of the molecule is COC(=O)C(CC(C)C)NC(=O)N1CCC2(CCN(C(=O)CNC(=O)c3ccco3)CC2)C1. The van der Waals surface area contributed by atoms with E-state index >= 15 is 0 Å². The van der Waals surface area contributed by atoms with Gasteiger partial charge in [0.05, 0.1) is 19.9 Å². The number of carbonyl (C=O) groups excluding carboxylic acids is 4. The summed E-state index contributed by atoms with van der Waals surface area (Å²) in [6.07, 6.45) is 4.38. The average molecular weight is 463 g/mol. The highest BCUT2D eigenvalue weighted by Gasteiger charge is 2.43. The maximum absolute atomic E-state index is 12.8. The van der Waals surface area contributed by atoms with Crippen molar-refractivity contribution in [2.24, 2.45) is 11.3 Å². The normalized spacial score (nSPS) is 18.3. The highest BCUT2D eigenvalue weighted by Crippen LogP contribution is 2.40. The molecule has 33 heavy (non-hydrogen) atoms. The Hall–Kier alpha value is -3.04. The highest BCUT2D eigenvalue weighted by molar-refractivity contribution is 5.94. The van der Waals surface area contributed by atoms with E-state index in [1.54, 1.807) is 21.9 Å². The molecule has 1 aromatic rings. The summed E-state index contributed by atoms with van der Waals surface area (Å²) in [4.78, 5) is 52.8. The van der Waals surface area contributed by atoms with E-state index in [1.807, 2.05) is 13.8 Å². The summed E-state index contributed by atoms with van der Waals surface area (Å²) in [6, 6.07) is 2.26. The molecule has 2 N–H and O–H groups in total. The minimum Gasteiger partial charge on any atom is -0.467 e. The minimum absolute atomic E-state index is 0.0235. The van der Waals surface area contributed by atoms with Gasteiger partial charge >= 0.3 is 12.0 Å². The Morgan fingerprint density at radius 2 is 1.79 bits per heavy atom. The van der Waals surface area contributed by atoms with Crippen molar-refractivity contribution in [3.8, 4) is 0 Å². The number of urea groups is 1. The van der Waals surface area contributed by atoms with Crippen LogP contribution in [0.5, 0.6) is 0 Å². The van der Waals surface area contributed by atoms with E-state index in [9.17, 15) is 19.2 Å². The zero-order valence-corrected chi connectivity index (χ0v) is 19.6. The molecule has 10 nitrogen and oxygen atoms in total. The molecule has 0 radical (unpaired) electrons. The summed E-state index contributed by atoms with van der Waals surface area (Å²) in [5, 5.41) is 5.42. The van der Waals surface area contributed by atoms with E-state index in [0.29, 0.717) is 32.6 Å². The molecule has 3 rings (SSSR count). The van der Waals surface area contributed by atoms with Gasteiger partial charge < -0.3 is 29.6 Å². The van der Waals surface area contributed by atoms with Crippen molar-refractivity contribution in [2.75, 3.05) is 39.8 Å². The summed E-state index contributed by atoms with van der Waals surface area (Å²) in [5.74, 6) is -0.566. The molecule has 1 spiro atoms. The topological polar surface area (TPSA) is 121 Å². The van der Waals surface area contributed by atoms with Crippen LogP contribution < -0.4 is 10.6 Å². The van der Waals surface area contributed by atoms with Gasteiger partial charge in [-0.15, -0.1) is 0 Å². The Bertz CT molecular complexity index is 845. The van der Waals surface area contributed by atoms with Crippen LogP contribution in [0.4, 0.5) is 4.79 Å². The molecular formula is C23H34N4O6. The second kappa shape index (κ2) is 10.7. The van der Waals surface area contributed by atoms with E-state index in [4.69, 9.17) is 9.15 Å². The second-order valence-electron chi connectivity index (χ2n) is 9.37. The smallest absolute Gasteiger partial charge is 0.328 e. The van der Waals surface area contributed by atoms with Gasteiger partial charge in [-0.25, -0.2) is 9.59 Å². The van der Waals surface area contributed by atoms with E-state index in [0.717, 1.165) is 19.3 Å². The molecule has 0 bridgehead atoms. The summed E-state index contributed by atoms with van der Waals surface area (Å²) in [6.45, 7) is 6.30. The van der Waals surface area contributed by atoms with Crippen LogP contribution >= 0.6 is 0 Å². The fourth-order valence-electron chi connectivity index (χ4n) is 4.58.